The van der Waals surface area contributed by atoms with Gasteiger partial charge in [0, 0.05) is 6.04 Å². The van der Waals surface area contributed by atoms with Gasteiger partial charge < -0.3 is 10.6 Å². The van der Waals surface area contributed by atoms with E-state index in [1.807, 2.05) is 0 Å². The molecular weight excluding hydrogens is 208 g/mol. The number of hydrogen-bond acceptors (Lipinski definition) is 2. The minimum absolute atomic E-state index is 0.834. The van der Waals surface area contributed by atoms with E-state index >= 15 is 0 Å². The van der Waals surface area contributed by atoms with Crippen molar-refractivity contribution in [3.63, 3.8) is 0 Å². The van der Waals surface area contributed by atoms with Gasteiger partial charge in [0.05, 0.1) is 0 Å². The molecule has 2 nitrogen and oxygen atoms in total. The monoisotopic (exact) mass is 238 g/mol. The second kappa shape index (κ2) is 7.38. The maximum Gasteiger partial charge on any atom is 0.00670 e. The van der Waals surface area contributed by atoms with Gasteiger partial charge in [0.15, 0.2) is 0 Å². The summed E-state index contributed by atoms with van der Waals surface area (Å²) < 4.78 is 0. The fourth-order valence-electron chi connectivity index (χ4n) is 3.42. The summed E-state index contributed by atoms with van der Waals surface area (Å²) in [4.78, 5) is 0. The van der Waals surface area contributed by atoms with Gasteiger partial charge in [-0.25, -0.2) is 0 Å². The smallest absolute Gasteiger partial charge is 0.00670 e. The molecule has 0 amide bonds. The Morgan fingerprint density at radius 2 is 1.94 bits per heavy atom. The van der Waals surface area contributed by atoms with Crippen LogP contribution in [0.3, 0.4) is 0 Å². The predicted molar refractivity (Wildman–Crippen MR) is 74.3 cm³/mol. The molecule has 1 saturated heterocycles. The lowest BCUT2D eigenvalue weighted by Gasteiger charge is -2.29. The van der Waals surface area contributed by atoms with Gasteiger partial charge in [-0.05, 0) is 63.6 Å². The molecule has 2 unspecified atom stereocenters. The van der Waals surface area contributed by atoms with E-state index < -0.39 is 0 Å². The summed E-state index contributed by atoms with van der Waals surface area (Å²) in [6.07, 6.45) is 11.4. The van der Waals surface area contributed by atoms with Crippen LogP contribution in [0, 0.1) is 11.8 Å². The highest BCUT2D eigenvalue weighted by atomic mass is 14.9. The molecule has 1 heterocycles. The van der Waals surface area contributed by atoms with Crippen LogP contribution in [0.2, 0.25) is 0 Å². The van der Waals surface area contributed by atoms with Crippen molar-refractivity contribution in [3.8, 4) is 0 Å². The van der Waals surface area contributed by atoms with Gasteiger partial charge in [-0.1, -0.05) is 26.2 Å². The van der Waals surface area contributed by atoms with E-state index in [-0.39, 0.29) is 0 Å². The van der Waals surface area contributed by atoms with Crippen LogP contribution in [0.5, 0.6) is 0 Å². The molecule has 17 heavy (non-hydrogen) atoms. The van der Waals surface area contributed by atoms with Crippen LogP contribution in [0.4, 0.5) is 0 Å². The van der Waals surface area contributed by atoms with E-state index in [0.717, 1.165) is 17.9 Å². The van der Waals surface area contributed by atoms with Crippen molar-refractivity contribution in [2.75, 3.05) is 19.6 Å². The number of piperidine rings is 1. The lowest BCUT2D eigenvalue weighted by atomic mass is 9.85. The normalized spacial score (nSPS) is 29.1. The third-order valence-corrected chi connectivity index (χ3v) is 4.78. The quantitative estimate of drug-likeness (QED) is 0.769. The highest BCUT2D eigenvalue weighted by Gasteiger charge is 2.20. The Morgan fingerprint density at radius 1 is 1.12 bits per heavy atom. The summed E-state index contributed by atoms with van der Waals surface area (Å²) in [6.45, 7) is 6.18. The molecule has 100 valence electrons. The Kier molecular flexibility index (Phi) is 5.79. The van der Waals surface area contributed by atoms with Crippen molar-refractivity contribution in [2.45, 2.75) is 64.3 Å². The summed E-state index contributed by atoms with van der Waals surface area (Å²) in [5.74, 6) is 1.82. The van der Waals surface area contributed by atoms with Crippen molar-refractivity contribution < 1.29 is 0 Å². The lowest BCUT2D eigenvalue weighted by Crippen LogP contribution is -2.36. The zero-order chi connectivity index (χ0) is 11.9. The van der Waals surface area contributed by atoms with Gasteiger partial charge in [0.25, 0.3) is 0 Å². The Bertz CT molecular complexity index is 193. The summed E-state index contributed by atoms with van der Waals surface area (Å²) >= 11 is 0. The minimum atomic E-state index is 0.834. The van der Waals surface area contributed by atoms with Gasteiger partial charge >= 0.3 is 0 Å². The van der Waals surface area contributed by atoms with Crippen molar-refractivity contribution in [1.29, 1.82) is 0 Å². The standard InChI is InChI=1S/C15H30N2/c1-13(14-6-5-10-16-12-14)9-11-17-15-7-3-2-4-8-15/h13-17H,2-12H2,1H3. The first-order valence-electron chi connectivity index (χ1n) is 7.80. The van der Waals surface area contributed by atoms with Crippen molar-refractivity contribution in [3.05, 3.63) is 0 Å². The third-order valence-electron chi connectivity index (χ3n) is 4.78. The molecule has 0 aromatic rings. The Balaban J connectivity index is 1.57. The molecule has 0 bridgehead atoms. The molecule has 2 rings (SSSR count). The Hall–Kier alpha value is -0.0800. The van der Waals surface area contributed by atoms with Crippen LogP contribution in [0.25, 0.3) is 0 Å². The predicted octanol–water partition coefficient (Wildman–Crippen LogP) is 2.93. The maximum atomic E-state index is 3.77. The Morgan fingerprint density at radius 3 is 2.65 bits per heavy atom. The molecule has 2 aliphatic rings. The molecule has 0 aromatic heterocycles. The van der Waals surface area contributed by atoms with Gasteiger partial charge in [0.1, 0.15) is 0 Å². The fraction of sp³-hybridized carbons (Fsp3) is 1.00. The van der Waals surface area contributed by atoms with Crippen LogP contribution in [0.15, 0.2) is 0 Å². The summed E-state index contributed by atoms with van der Waals surface area (Å²) in [5.41, 5.74) is 0. The fourth-order valence-corrected chi connectivity index (χ4v) is 3.42. The van der Waals surface area contributed by atoms with Crippen molar-refractivity contribution in [1.82, 2.24) is 10.6 Å². The number of nitrogens with one attached hydrogen (secondary N) is 2. The number of hydrogen-bond donors (Lipinski definition) is 2. The first-order valence-corrected chi connectivity index (χ1v) is 7.80. The highest BCUT2D eigenvalue weighted by molar-refractivity contribution is 4.76. The van der Waals surface area contributed by atoms with Gasteiger partial charge in [-0.2, -0.15) is 0 Å². The summed E-state index contributed by atoms with van der Waals surface area (Å²) in [7, 11) is 0. The molecule has 0 spiro atoms. The zero-order valence-corrected chi connectivity index (χ0v) is 11.5. The van der Waals surface area contributed by atoms with E-state index in [4.69, 9.17) is 0 Å². The van der Waals surface area contributed by atoms with E-state index in [2.05, 4.69) is 17.6 Å². The van der Waals surface area contributed by atoms with Crippen LogP contribution in [-0.2, 0) is 0 Å². The first kappa shape index (κ1) is 13.4. The largest absolute Gasteiger partial charge is 0.316 e. The molecule has 0 radical (unpaired) electrons. The van der Waals surface area contributed by atoms with Gasteiger partial charge in [-0.15, -0.1) is 0 Å². The average Bonchev–Trinajstić information content (AvgIpc) is 2.41. The van der Waals surface area contributed by atoms with Gasteiger partial charge in [-0.3, -0.25) is 0 Å². The molecule has 2 N–H and O–H groups in total. The second-order valence-corrected chi connectivity index (χ2v) is 6.16. The average molecular weight is 238 g/mol. The highest BCUT2D eigenvalue weighted by Crippen LogP contribution is 2.22. The van der Waals surface area contributed by atoms with Crippen LogP contribution < -0.4 is 10.6 Å². The molecule has 1 aliphatic carbocycles. The van der Waals surface area contributed by atoms with Crippen molar-refractivity contribution in [2.24, 2.45) is 11.8 Å². The maximum absolute atomic E-state index is 3.77. The minimum Gasteiger partial charge on any atom is -0.316 e. The summed E-state index contributed by atoms with van der Waals surface area (Å²) in [5, 5.41) is 7.31. The third kappa shape index (κ3) is 4.59. The van der Waals surface area contributed by atoms with E-state index in [1.165, 1.54) is 71.0 Å². The molecule has 0 aromatic carbocycles. The molecule has 2 fully saturated rings. The molecule has 2 heteroatoms. The molecular formula is C15H30N2. The Labute approximate surface area is 107 Å². The molecule has 1 saturated carbocycles. The van der Waals surface area contributed by atoms with Crippen LogP contribution in [0.1, 0.15) is 58.3 Å². The molecule has 2 atom stereocenters. The lowest BCUT2D eigenvalue weighted by molar-refractivity contribution is 0.259. The van der Waals surface area contributed by atoms with E-state index in [9.17, 15) is 0 Å². The van der Waals surface area contributed by atoms with Crippen molar-refractivity contribution >= 4 is 0 Å². The number of rotatable bonds is 5. The van der Waals surface area contributed by atoms with Crippen LogP contribution >= 0.6 is 0 Å². The summed E-state index contributed by atoms with van der Waals surface area (Å²) in [6, 6.07) is 0.834. The topological polar surface area (TPSA) is 24.1 Å². The zero-order valence-electron chi connectivity index (χ0n) is 11.5. The van der Waals surface area contributed by atoms with Crippen LogP contribution in [-0.4, -0.2) is 25.7 Å². The molecule has 1 aliphatic heterocycles. The van der Waals surface area contributed by atoms with E-state index in [1.54, 1.807) is 0 Å². The SMILES string of the molecule is CC(CCNC1CCCCC1)C1CCCNC1. The van der Waals surface area contributed by atoms with E-state index in [0.29, 0.717) is 0 Å². The second-order valence-electron chi connectivity index (χ2n) is 6.16. The van der Waals surface area contributed by atoms with Gasteiger partial charge in [0.2, 0.25) is 0 Å². The first-order chi connectivity index (χ1) is 8.36.